The lowest BCUT2D eigenvalue weighted by atomic mass is 9.91. The van der Waals surface area contributed by atoms with Crippen molar-refractivity contribution in [2.24, 2.45) is 22.2 Å². The SMILES string of the molecule is CC1Nc2ccccc2C1CCN1C[C@H](CCCN=C(N)N)N(C(=O)[C@H](N)Cc2ccc3ccccc3c2)C[C@H]1C. The molecule has 2 aliphatic heterocycles. The van der Waals surface area contributed by atoms with Crippen LogP contribution in [0, 0.1) is 0 Å². The van der Waals surface area contributed by atoms with Crippen molar-refractivity contribution in [3.63, 3.8) is 0 Å². The second-order valence-corrected chi connectivity index (χ2v) is 11.8. The lowest BCUT2D eigenvalue weighted by molar-refractivity contribution is -0.139. The zero-order valence-electron chi connectivity index (χ0n) is 24.4. The normalized spacial score (nSPS) is 23.1. The van der Waals surface area contributed by atoms with Gasteiger partial charge in [-0.25, -0.2) is 0 Å². The summed E-state index contributed by atoms with van der Waals surface area (Å²) in [6, 6.07) is 23.4. The summed E-state index contributed by atoms with van der Waals surface area (Å²) in [4.78, 5) is 22.6. The van der Waals surface area contributed by atoms with Gasteiger partial charge in [0.05, 0.1) is 6.04 Å². The van der Waals surface area contributed by atoms with Crippen molar-refractivity contribution in [2.75, 3.05) is 31.5 Å². The fourth-order valence-corrected chi connectivity index (χ4v) is 6.66. The fourth-order valence-electron chi connectivity index (χ4n) is 6.66. The van der Waals surface area contributed by atoms with E-state index in [1.807, 2.05) is 17.0 Å². The van der Waals surface area contributed by atoms with Gasteiger partial charge in [0, 0.05) is 49.4 Å². The molecule has 0 saturated carbocycles. The Kier molecular flexibility index (Phi) is 9.10. The number of fused-ring (bicyclic) bond motifs is 2. The Morgan fingerprint density at radius 2 is 1.76 bits per heavy atom. The highest BCUT2D eigenvalue weighted by Crippen LogP contribution is 2.38. The number of anilines is 1. The van der Waals surface area contributed by atoms with Crippen molar-refractivity contribution in [1.29, 1.82) is 0 Å². The number of rotatable bonds is 10. The largest absolute Gasteiger partial charge is 0.382 e. The van der Waals surface area contributed by atoms with Crippen molar-refractivity contribution in [3.8, 4) is 0 Å². The summed E-state index contributed by atoms with van der Waals surface area (Å²) >= 11 is 0. The molecule has 2 unspecified atom stereocenters. The highest BCUT2D eigenvalue weighted by atomic mass is 16.2. The average Bonchev–Trinajstić information content (AvgIpc) is 3.29. The van der Waals surface area contributed by atoms with Crippen LogP contribution in [0.15, 0.2) is 71.7 Å². The molecule has 0 bridgehead atoms. The van der Waals surface area contributed by atoms with E-state index in [9.17, 15) is 4.79 Å². The van der Waals surface area contributed by atoms with Gasteiger partial charge in [0.1, 0.15) is 0 Å². The summed E-state index contributed by atoms with van der Waals surface area (Å²) in [6.45, 7) is 7.55. The first kappa shape index (κ1) is 28.9. The molecule has 3 aromatic carbocycles. The van der Waals surface area contributed by atoms with Crippen molar-refractivity contribution < 1.29 is 4.79 Å². The molecule has 5 rings (SSSR count). The number of benzene rings is 3. The van der Waals surface area contributed by atoms with Crippen molar-refractivity contribution in [1.82, 2.24) is 9.80 Å². The Labute approximate surface area is 244 Å². The second kappa shape index (κ2) is 12.9. The summed E-state index contributed by atoms with van der Waals surface area (Å²) in [7, 11) is 0. The molecule has 41 heavy (non-hydrogen) atoms. The van der Waals surface area contributed by atoms with Gasteiger partial charge >= 0.3 is 0 Å². The summed E-state index contributed by atoms with van der Waals surface area (Å²) in [6.07, 6.45) is 3.24. The van der Waals surface area contributed by atoms with Crippen molar-refractivity contribution in [3.05, 3.63) is 77.9 Å². The second-order valence-electron chi connectivity index (χ2n) is 11.8. The van der Waals surface area contributed by atoms with E-state index in [0.717, 1.165) is 37.9 Å². The van der Waals surface area contributed by atoms with Gasteiger partial charge in [-0.3, -0.25) is 14.7 Å². The molecule has 0 aromatic heterocycles. The molecule has 8 nitrogen and oxygen atoms in total. The maximum Gasteiger partial charge on any atom is 0.240 e. The number of piperazine rings is 1. The number of hydrogen-bond acceptors (Lipinski definition) is 5. The Balaban J connectivity index is 1.26. The minimum atomic E-state index is -0.586. The number of guanidine groups is 1. The van der Waals surface area contributed by atoms with Gasteiger partial charge in [-0.15, -0.1) is 0 Å². The maximum absolute atomic E-state index is 13.8. The number of para-hydroxylation sites is 1. The van der Waals surface area contributed by atoms with Crippen LogP contribution in [0.3, 0.4) is 0 Å². The monoisotopic (exact) mass is 555 g/mol. The molecule has 7 N–H and O–H groups in total. The highest BCUT2D eigenvalue weighted by Gasteiger charge is 2.37. The Morgan fingerprint density at radius 3 is 2.56 bits per heavy atom. The highest BCUT2D eigenvalue weighted by molar-refractivity contribution is 5.85. The lowest BCUT2D eigenvalue weighted by Crippen LogP contribution is -2.62. The predicted molar refractivity (Wildman–Crippen MR) is 169 cm³/mol. The van der Waals surface area contributed by atoms with Crippen LogP contribution < -0.4 is 22.5 Å². The quantitative estimate of drug-likeness (QED) is 0.172. The number of nitrogens with one attached hydrogen (secondary N) is 1. The fraction of sp³-hybridized carbons (Fsp3) is 0.455. The first-order valence-electron chi connectivity index (χ1n) is 15.0. The van der Waals surface area contributed by atoms with E-state index >= 15 is 0 Å². The first-order chi connectivity index (χ1) is 19.8. The van der Waals surface area contributed by atoms with Crippen LogP contribution in [-0.2, 0) is 11.2 Å². The van der Waals surface area contributed by atoms with E-state index in [1.54, 1.807) is 0 Å². The molecule has 1 amide bonds. The van der Waals surface area contributed by atoms with E-state index in [0.29, 0.717) is 31.5 Å². The standard InChI is InChI=1S/C33H45N7O/c1-22-20-40(32(41)30(34)19-24-13-14-25-8-3-4-9-26(25)18-24)27(10-7-16-37-33(35)36)21-39(22)17-15-28-23(2)38-31-12-6-5-11-29(28)31/h3-6,8-9,11-14,18,22-23,27-28,30,38H,7,10,15-17,19-21,34H2,1-2H3,(H4,35,36,37)/t22-,23?,27+,28?,30-/m1/s1. The molecule has 1 fully saturated rings. The Morgan fingerprint density at radius 1 is 1.00 bits per heavy atom. The summed E-state index contributed by atoms with van der Waals surface area (Å²) in [5, 5.41) is 6.00. The van der Waals surface area contributed by atoms with Crippen LogP contribution in [0.4, 0.5) is 5.69 Å². The zero-order valence-corrected chi connectivity index (χ0v) is 24.4. The zero-order chi connectivity index (χ0) is 28.9. The van der Waals surface area contributed by atoms with Gasteiger partial charge in [0.25, 0.3) is 0 Å². The average molecular weight is 556 g/mol. The minimum absolute atomic E-state index is 0.0269. The number of nitrogens with two attached hydrogens (primary N) is 3. The number of carbonyl (C=O) groups is 1. The maximum atomic E-state index is 13.8. The third-order valence-corrected chi connectivity index (χ3v) is 8.90. The number of amides is 1. The molecule has 3 aromatic rings. The molecule has 218 valence electrons. The summed E-state index contributed by atoms with van der Waals surface area (Å²) in [5.74, 6) is 0.613. The van der Waals surface area contributed by atoms with Crippen LogP contribution in [0.25, 0.3) is 10.8 Å². The topological polar surface area (TPSA) is 126 Å². The Hall–Kier alpha value is -3.62. The molecule has 2 heterocycles. The molecule has 0 aliphatic carbocycles. The van der Waals surface area contributed by atoms with E-state index in [2.05, 4.69) is 83.7 Å². The van der Waals surface area contributed by atoms with Crippen molar-refractivity contribution in [2.45, 2.75) is 69.6 Å². The van der Waals surface area contributed by atoms with E-state index in [4.69, 9.17) is 17.2 Å². The Bertz CT molecular complexity index is 1370. The molecular weight excluding hydrogens is 510 g/mol. The van der Waals surface area contributed by atoms with Gasteiger partial charge in [-0.2, -0.15) is 0 Å². The summed E-state index contributed by atoms with van der Waals surface area (Å²) in [5.41, 5.74) is 21.5. The van der Waals surface area contributed by atoms with E-state index < -0.39 is 6.04 Å². The van der Waals surface area contributed by atoms with E-state index in [1.165, 1.54) is 22.0 Å². The number of nitrogens with zero attached hydrogens (tertiary/aromatic N) is 3. The molecule has 5 atom stereocenters. The third-order valence-electron chi connectivity index (χ3n) is 8.90. The number of hydrogen-bond donors (Lipinski definition) is 4. The molecule has 8 heteroatoms. The molecule has 0 radical (unpaired) electrons. The van der Waals surface area contributed by atoms with Gasteiger partial charge < -0.3 is 27.4 Å². The van der Waals surface area contributed by atoms with Crippen LogP contribution in [0.1, 0.15) is 50.2 Å². The summed E-state index contributed by atoms with van der Waals surface area (Å²) < 4.78 is 0. The number of aliphatic imine (C=N–C) groups is 1. The smallest absolute Gasteiger partial charge is 0.240 e. The first-order valence-corrected chi connectivity index (χ1v) is 15.0. The van der Waals surface area contributed by atoms with Gasteiger partial charge in [-0.05, 0) is 74.0 Å². The molecular formula is C33H45N7O. The van der Waals surface area contributed by atoms with Crippen LogP contribution in [0.2, 0.25) is 0 Å². The predicted octanol–water partition coefficient (Wildman–Crippen LogP) is 3.65. The van der Waals surface area contributed by atoms with Crippen LogP contribution >= 0.6 is 0 Å². The molecule has 2 aliphatic rings. The lowest BCUT2D eigenvalue weighted by Gasteiger charge is -2.46. The van der Waals surface area contributed by atoms with Gasteiger partial charge in [-0.1, -0.05) is 60.7 Å². The van der Waals surface area contributed by atoms with Gasteiger partial charge in [0.15, 0.2) is 5.96 Å². The van der Waals surface area contributed by atoms with E-state index in [-0.39, 0.29) is 24.0 Å². The molecule has 0 spiro atoms. The molecule has 1 saturated heterocycles. The number of carbonyl (C=O) groups excluding carboxylic acids is 1. The minimum Gasteiger partial charge on any atom is -0.382 e. The van der Waals surface area contributed by atoms with Crippen LogP contribution in [0.5, 0.6) is 0 Å². The van der Waals surface area contributed by atoms with Crippen LogP contribution in [-0.4, -0.2) is 72.0 Å². The third kappa shape index (κ3) is 6.82. The van der Waals surface area contributed by atoms with Crippen molar-refractivity contribution >= 4 is 28.3 Å². The van der Waals surface area contributed by atoms with Gasteiger partial charge in [0.2, 0.25) is 5.91 Å².